The molecule has 0 saturated carbocycles. The van der Waals surface area contributed by atoms with Crippen LogP contribution in [0.1, 0.15) is 18.5 Å². The molecule has 0 unspecified atom stereocenters. The van der Waals surface area contributed by atoms with Gasteiger partial charge < -0.3 is 10.1 Å². The molecule has 0 spiro atoms. The fraction of sp³-hybridized carbons (Fsp3) is 0.667. The Bertz CT molecular complexity index is 420. The van der Waals surface area contributed by atoms with E-state index in [9.17, 15) is 4.79 Å². The Morgan fingerprint density at radius 3 is 2.94 bits per heavy atom. The average Bonchev–Trinajstić information content (AvgIpc) is 2.37. The molecule has 0 atom stereocenters. The monoisotopic (exact) mass is 317 g/mol. The third-order valence-electron chi connectivity index (χ3n) is 2.64. The van der Waals surface area contributed by atoms with Crippen LogP contribution in [0.5, 0.6) is 0 Å². The van der Waals surface area contributed by atoms with Gasteiger partial charge in [0, 0.05) is 20.2 Å². The molecule has 0 fully saturated rings. The lowest BCUT2D eigenvalue weighted by molar-refractivity contribution is 0.199. The molecule has 0 aliphatic carbocycles. The predicted octanol–water partition coefficient (Wildman–Crippen LogP) is 1.33. The largest absolute Gasteiger partial charge is 0.383 e. The van der Waals surface area contributed by atoms with Gasteiger partial charge in [0.15, 0.2) is 0 Å². The van der Waals surface area contributed by atoms with Crippen molar-refractivity contribution in [2.45, 2.75) is 26.3 Å². The van der Waals surface area contributed by atoms with E-state index in [2.05, 4.69) is 26.2 Å². The summed E-state index contributed by atoms with van der Waals surface area (Å²) in [6.07, 6.45) is 3.60. The summed E-state index contributed by atoms with van der Waals surface area (Å²) in [5.74, 6) is 0. The van der Waals surface area contributed by atoms with E-state index in [0.717, 1.165) is 38.2 Å². The molecule has 0 aliphatic rings. The number of nitrogens with zero attached hydrogens (tertiary/aromatic N) is 2. The van der Waals surface area contributed by atoms with E-state index >= 15 is 0 Å². The second-order valence-corrected chi connectivity index (χ2v) is 4.89. The molecular formula is C12H20BrN3O2. The molecule has 0 aromatic carbocycles. The van der Waals surface area contributed by atoms with Crippen molar-refractivity contribution < 1.29 is 4.74 Å². The molecule has 1 aromatic rings. The molecule has 1 heterocycles. The van der Waals surface area contributed by atoms with Crippen LogP contribution in [0.4, 0.5) is 0 Å². The minimum Gasteiger partial charge on any atom is -0.383 e. The van der Waals surface area contributed by atoms with Gasteiger partial charge in [-0.05, 0) is 42.2 Å². The maximum absolute atomic E-state index is 11.8. The summed E-state index contributed by atoms with van der Waals surface area (Å²) < 4.78 is 7.14. The van der Waals surface area contributed by atoms with Crippen LogP contribution in [-0.2, 0) is 11.3 Å². The third-order valence-corrected chi connectivity index (χ3v) is 3.56. The standard InChI is InChI=1S/C12H20BrN3O2/c1-10-11(13)12(17)16(9-15-10)7-4-3-5-14-6-8-18-2/h9,14H,3-8H2,1-2H3. The van der Waals surface area contributed by atoms with Crippen LogP contribution in [-0.4, -0.2) is 36.4 Å². The first-order valence-electron chi connectivity index (χ1n) is 6.08. The number of aryl methyl sites for hydroxylation is 2. The van der Waals surface area contributed by atoms with Gasteiger partial charge >= 0.3 is 0 Å². The van der Waals surface area contributed by atoms with Gasteiger partial charge in [-0.3, -0.25) is 9.36 Å². The van der Waals surface area contributed by atoms with Gasteiger partial charge in [0.1, 0.15) is 4.47 Å². The Balaban J connectivity index is 2.28. The Kier molecular flexibility index (Phi) is 7.15. The van der Waals surface area contributed by atoms with Crippen molar-refractivity contribution >= 4 is 15.9 Å². The average molecular weight is 318 g/mol. The number of hydrogen-bond acceptors (Lipinski definition) is 4. The lowest BCUT2D eigenvalue weighted by Crippen LogP contribution is -2.23. The SMILES string of the molecule is COCCNCCCCn1cnc(C)c(Br)c1=O. The molecule has 5 nitrogen and oxygen atoms in total. The van der Waals surface area contributed by atoms with Crippen molar-refractivity contribution in [3.05, 3.63) is 26.8 Å². The summed E-state index contributed by atoms with van der Waals surface area (Å²) in [5, 5.41) is 3.27. The zero-order valence-corrected chi connectivity index (χ0v) is 12.5. The first kappa shape index (κ1) is 15.3. The molecule has 102 valence electrons. The number of aromatic nitrogens is 2. The van der Waals surface area contributed by atoms with Gasteiger partial charge in [-0.25, -0.2) is 4.98 Å². The number of ether oxygens (including phenoxy) is 1. The van der Waals surface area contributed by atoms with Crippen molar-refractivity contribution in [1.29, 1.82) is 0 Å². The van der Waals surface area contributed by atoms with Gasteiger partial charge in [-0.2, -0.15) is 0 Å². The molecule has 1 aromatic heterocycles. The van der Waals surface area contributed by atoms with Crippen LogP contribution >= 0.6 is 15.9 Å². The second kappa shape index (κ2) is 8.39. The number of nitrogens with one attached hydrogen (secondary N) is 1. The number of unbranched alkanes of at least 4 members (excludes halogenated alkanes) is 1. The summed E-state index contributed by atoms with van der Waals surface area (Å²) in [6.45, 7) is 5.06. The Hall–Kier alpha value is -0.720. The molecule has 0 bridgehead atoms. The van der Waals surface area contributed by atoms with E-state index in [-0.39, 0.29) is 5.56 Å². The lowest BCUT2D eigenvalue weighted by Gasteiger charge is -2.07. The molecule has 0 amide bonds. The van der Waals surface area contributed by atoms with Crippen LogP contribution in [0.25, 0.3) is 0 Å². The van der Waals surface area contributed by atoms with Gasteiger partial charge in [-0.15, -0.1) is 0 Å². The van der Waals surface area contributed by atoms with E-state index in [1.54, 1.807) is 18.0 Å². The minimum absolute atomic E-state index is 0.00478. The van der Waals surface area contributed by atoms with Gasteiger partial charge in [0.05, 0.1) is 18.6 Å². The molecule has 18 heavy (non-hydrogen) atoms. The van der Waals surface area contributed by atoms with Crippen LogP contribution in [0.3, 0.4) is 0 Å². The summed E-state index contributed by atoms with van der Waals surface area (Å²) in [5.41, 5.74) is 0.729. The van der Waals surface area contributed by atoms with Crippen molar-refractivity contribution in [2.75, 3.05) is 26.8 Å². The molecule has 1 N–H and O–H groups in total. The third kappa shape index (κ3) is 4.88. The fourth-order valence-corrected chi connectivity index (χ4v) is 1.87. The van der Waals surface area contributed by atoms with Crippen molar-refractivity contribution in [3.63, 3.8) is 0 Å². The maximum Gasteiger partial charge on any atom is 0.267 e. The highest BCUT2D eigenvalue weighted by molar-refractivity contribution is 9.10. The van der Waals surface area contributed by atoms with Gasteiger partial charge in [0.25, 0.3) is 5.56 Å². The summed E-state index contributed by atoms with van der Waals surface area (Å²) in [7, 11) is 1.69. The molecule has 6 heteroatoms. The Morgan fingerprint density at radius 2 is 2.22 bits per heavy atom. The number of rotatable bonds is 8. The smallest absolute Gasteiger partial charge is 0.267 e. The quantitative estimate of drug-likeness (QED) is 0.735. The summed E-state index contributed by atoms with van der Waals surface area (Å²) in [6, 6.07) is 0. The van der Waals surface area contributed by atoms with E-state index in [0.29, 0.717) is 11.0 Å². The van der Waals surface area contributed by atoms with E-state index in [1.807, 2.05) is 6.92 Å². The topological polar surface area (TPSA) is 56.1 Å². The summed E-state index contributed by atoms with van der Waals surface area (Å²) >= 11 is 3.26. The van der Waals surface area contributed by atoms with Crippen molar-refractivity contribution in [1.82, 2.24) is 14.9 Å². The highest BCUT2D eigenvalue weighted by atomic mass is 79.9. The van der Waals surface area contributed by atoms with Crippen molar-refractivity contribution in [3.8, 4) is 0 Å². The minimum atomic E-state index is -0.00478. The van der Waals surface area contributed by atoms with Crippen molar-refractivity contribution in [2.24, 2.45) is 0 Å². The highest BCUT2D eigenvalue weighted by Crippen LogP contribution is 2.06. The summed E-state index contributed by atoms with van der Waals surface area (Å²) in [4.78, 5) is 16.0. The molecule has 1 rings (SSSR count). The lowest BCUT2D eigenvalue weighted by atomic mass is 10.3. The Labute approximate surface area is 116 Å². The van der Waals surface area contributed by atoms with Crippen LogP contribution < -0.4 is 10.9 Å². The normalized spacial score (nSPS) is 10.8. The van der Waals surface area contributed by atoms with Gasteiger partial charge in [0.2, 0.25) is 0 Å². The molecule has 0 saturated heterocycles. The second-order valence-electron chi connectivity index (χ2n) is 4.09. The maximum atomic E-state index is 11.8. The van der Waals surface area contributed by atoms with Crippen LogP contribution in [0.2, 0.25) is 0 Å². The fourth-order valence-electron chi connectivity index (χ4n) is 1.54. The predicted molar refractivity (Wildman–Crippen MR) is 74.9 cm³/mol. The van der Waals surface area contributed by atoms with Crippen LogP contribution in [0, 0.1) is 6.92 Å². The number of hydrogen-bond donors (Lipinski definition) is 1. The zero-order valence-electron chi connectivity index (χ0n) is 10.9. The highest BCUT2D eigenvalue weighted by Gasteiger charge is 2.04. The van der Waals surface area contributed by atoms with E-state index < -0.39 is 0 Å². The Morgan fingerprint density at radius 1 is 1.44 bits per heavy atom. The zero-order chi connectivity index (χ0) is 13.4. The van der Waals surface area contributed by atoms with Gasteiger partial charge in [-0.1, -0.05) is 0 Å². The first-order valence-corrected chi connectivity index (χ1v) is 6.87. The number of methoxy groups -OCH3 is 1. The van der Waals surface area contributed by atoms with Crippen LogP contribution in [0.15, 0.2) is 15.6 Å². The van der Waals surface area contributed by atoms with E-state index in [1.165, 1.54) is 0 Å². The number of halogens is 1. The van der Waals surface area contributed by atoms with E-state index in [4.69, 9.17) is 4.74 Å². The first-order chi connectivity index (χ1) is 8.66. The molecule has 0 radical (unpaired) electrons. The molecular weight excluding hydrogens is 298 g/mol. The molecule has 0 aliphatic heterocycles.